The number of carbonyl (C=O) groups is 3. The average molecular weight is 514 g/mol. The number of halogens is 1. The Bertz CT molecular complexity index is 510. The third-order valence-electron chi connectivity index (χ3n) is 4.61. The molecule has 0 aromatic heterocycles. The SMILES string of the molecule is O=C(O)CN1CCCN(CC(=O)O)CCN(CC(=O)O)CCCN(CI)CC1. The second kappa shape index (κ2) is 14.0. The molecule has 0 amide bonds. The number of hydrogen-bond acceptors (Lipinski definition) is 7. The number of carboxylic acid groups (broad SMARTS) is 3. The van der Waals surface area contributed by atoms with Crippen molar-refractivity contribution >= 4 is 40.5 Å². The predicted molar refractivity (Wildman–Crippen MR) is 112 cm³/mol. The molecule has 0 aliphatic carbocycles. The maximum Gasteiger partial charge on any atom is 0.317 e. The van der Waals surface area contributed by atoms with Crippen LogP contribution in [-0.4, -0.2) is 129 Å². The lowest BCUT2D eigenvalue weighted by molar-refractivity contribution is -0.140. The summed E-state index contributed by atoms with van der Waals surface area (Å²) < 4.78 is 0.823. The van der Waals surface area contributed by atoms with Gasteiger partial charge in [0, 0.05) is 52.4 Å². The summed E-state index contributed by atoms with van der Waals surface area (Å²) in [6.07, 6.45) is 1.46. The summed E-state index contributed by atoms with van der Waals surface area (Å²) >= 11 is 2.28. The Hall–Kier alpha value is -1.02. The Morgan fingerprint density at radius 1 is 0.571 bits per heavy atom. The number of aliphatic carboxylic acids is 3. The molecule has 1 aliphatic heterocycles. The van der Waals surface area contributed by atoms with Gasteiger partial charge in [0.15, 0.2) is 0 Å². The third-order valence-corrected chi connectivity index (χ3v) is 5.57. The van der Waals surface area contributed by atoms with Gasteiger partial charge in [-0.05, 0) is 12.8 Å². The van der Waals surface area contributed by atoms with Crippen LogP contribution in [0.5, 0.6) is 0 Å². The van der Waals surface area contributed by atoms with E-state index < -0.39 is 17.9 Å². The fraction of sp³-hybridized carbons (Fsp3) is 0.824. The van der Waals surface area contributed by atoms with Crippen molar-refractivity contribution in [3.05, 3.63) is 0 Å². The van der Waals surface area contributed by atoms with Gasteiger partial charge < -0.3 is 15.3 Å². The monoisotopic (exact) mass is 514 g/mol. The van der Waals surface area contributed by atoms with Crippen molar-refractivity contribution in [2.75, 3.05) is 76.5 Å². The van der Waals surface area contributed by atoms with Gasteiger partial charge in [-0.2, -0.15) is 0 Å². The quantitative estimate of drug-likeness (QED) is 0.236. The first-order valence-electron chi connectivity index (χ1n) is 9.41. The lowest BCUT2D eigenvalue weighted by atomic mass is 10.3. The molecule has 1 saturated heterocycles. The Morgan fingerprint density at radius 2 is 0.857 bits per heavy atom. The van der Waals surface area contributed by atoms with Gasteiger partial charge in [-0.3, -0.25) is 34.0 Å². The number of alkyl halides is 1. The van der Waals surface area contributed by atoms with E-state index in [1.54, 1.807) is 4.90 Å². The molecular weight excluding hydrogens is 483 g/mol. The van der Waals surface area contributed by atoms with E-state index in [-0.39, 0.29) is 19.6 Å². The van der Waals surface area contributed by atoms with E-state index >= 15 is 0 Å². The summed E-state index contributed by atoms with van der Waals surface area (Å²) in [5.41, 5.74) is 0. The molecule has 0 bridgehead atoms. The molecule has 0 spiro atoms. The Kier molecular flexibility index (Phi) is 12.5. The zero-order chi connectivity index (χ0) is 20.9. The highest BCUT2D eigenvalue weighted by Crippen LogP contribution is 2.04. The lowest BCUT2D eigenvalue weighted by Gasteiger charge is -2.30. The summed E-state index contributed by atoms with van der Waals surface area (Å²) in [5, 5.41) is 27.4. The van der Waals surface area contributed by atoms with Crippen molar-refractivity contribution in [3.63, 3.8) is 0 Å². The van der Waals surface area contributed by atoms with Crippen LogP contribution in [0.2, 0.25) is 0 Å². The van der Waals surface area contributed by atoms with Gasteiger partial charge in [0.2, 0.25) is 0 Å². The van der Waals surface area contributed by atoms with Crippen LogP contribution in [0.25, 0.3) is 0 Å². The molecule has 162 valence electrons. The Labute approximate surface area is 179 Å². The van der Waals surface area contributed by atoms with Crippen molar-refractivity contribution < 1.29 is 29.7 Å². The Balaban J connectivity index is 2.79. The highest BCUT2D eigenvalue weighted by molar-refractivity contribution is 14.1. The van der Waals surface area contributed by atoms with Crippen molar-refractivity contribution in [2.24, 2.45) is 0 Å². The van der Waals surface area contributed by atoms with Crippen LogP contribution >= 0.6 is 22.6 Å². The van der Waals surface area contributed by atoms with E-state index in [2.05, 4.69) is 27.5 Å². The van der Waals surface area contributed by atoms with Crippen LogP contribution in [0.15, 0.2) is 0 Å². The van der Waals surface area contributed by atoms with Crippen LogP contribution in [0.4, 0.5) is 0 Å². The van der Waals surface area contributed by atoms with Crippen molar-refractivity contribution in [2.45, 2.75) is 12.8 Å². The fourth-order valence-electron chi connectivity index (χ4n) is 3.22. The van der Waals surface area contributed by atoms with Gasteiger partial charge in [0.25, 0.3) is 0 Å². The predicted octanol–water partition coefficient (Wildman–Crippen LogP) is -0.365. The van der Waals surface area contributed by atoms with Gasteiger partial charge >= 0.3 is 17.9 Å². The van der Waals surface area contributed by atoms with Crippen LogP contribution in [0.3, 0.4) is 0 Å². The molecule has 0 atom stereocenters. The molecule has 0 aromatic rings. The van der Waals surface area contributed by atoms with Crippen molar-refractivity contribution in [3.8, 4) is 0 Å². The second-order valence-corrected chi connectivity index (χ2v) is 7.64. The minimum atomic E-state index is -0.925. The molecule has 1 heterocycles. The average Bonchev–Trinajstić information content (AvgIpc) is 2.59. The first kappa shape index (κ1) is 25.0. The van der Waals surface area contributed by atoms with E-state index in [9.17, 15) is 14.4 Å². The normalized spacial score (nSPS) is 20.5. The van der Waals surface area contributed by atoms with E-state index in [1.807, 2.05) is 9.80 Å². The second-order valence-electron chi connectivity index (χ2n) is 6.95. The zero-order valence-electron chi connectivity index (χ0n) is 16.1. The van der Waals surface area contributed by atoms with Crippen molar-refractivity contribution in [1.82, 2.24) is 19.6 Å². The highest BCUT2D eigenvalue weighted by atomic mass is 127. The number of rotatable bonds is 7. The van der Waals surface area contributed by atoms with Crippen LogP contribution < -0.4 is 0 Å². The minimum Gasteiger partial charge on any atom is -0.480 e. The van der Waals surface area contributed by atoms with Gasteiger partial charge in [0.1, 0.15) is 0 Å². The largest absolute Gasteiger partial charge is 0.480 e. The van der Waals surface area contributed by atoms with Gasteiger partial charge in [-0.1, -0.05) is 22.6 Å². The number of carboxylic acids is 3. The summed E-state index contributed by atoms with van der Waals surface area (Å²) in [4.78, 5) is 41.2. The summed E-state index contributed by atoms with van der Waals surface area (Å²) in [7, 11) is 0. The van der Waals surface area contributed by atoms with Crippen LogP contribution in [-0.2, 0) is 14.4 Å². The zero-order valence-corrected chi connectivity index (χ0v) is 18.3. The van der Waals surface area contributed by atoms with Crippen LogP contribution in [0.1, 0.15) is 12.8 Å². The summed E-state index contributed by atoms with van der Waals surface area (Å²) in [6, 6.07) is 0. The minimum absolute atomic E-state index is 0.0274. The first-order chi connectivity index (χ1) is 13.3. The van der Waals surface area contributed by atoms with E-state index in [1.165, 1.54) is 0 Å². The molecule has 0 saturated carbocycles. The molecule has 28 heavy (non-hydrogen) atoms. The summed E-state index contributed by atoms with van der Waals surface area (Å²) in [6.45, 7) is 4.67. The molecule has 1 fully saturated rings. The topological polar surface area (TPSA) is 125 Å². The molecule has 0 radical (unpaired) electrons. The lowest BCUT2D eigenvalue weighted by Crippen LogP contribution is -2.43. The smallest absolute Gasteiger partial charge is 0.317 e. The number of hydrogen-bond donors (Lipinski definition) is 3. The Morgan fingerprint density at radius 3 is 1.14 bits per heavy atom. The van der Waals surface area contributed by atoms with E-state index in [0.29, 0.717) is 45.7 Å². The fourth-order valence-corrected chi connectivity index (χ4v) is 3.90. The molecule has 1 rings (SSSR count). The molecule has 1 aliphatic rings. The summed E-state index contributed by atoms with van der Waals surface area (Å²) in [5.74, 6) is -2.68. The van der Waals surface area contributed by atoms with E-state index in [0.717, 1.165) is 24.1 Å². The first-order valence-corrected chi connectivity index (χ1v) is 10.9. The van der Waals surface area contributed by atoms with Gasteiger partial charge in [-0.25, -0.2) is 0 Å². The molecule has 11 heteroatoms. The van der Waals surface area contributed by atoms with E-state index in [4.69, 9.17) is 15.3 Å². The van der Waals surface area contributed by atoms with Crippen LogP contribution in [0, 0.1) is 0 Å². The van der Waals surface area contributed by atoms with Gasteiger partial charge in [-0.15, -0.1) is 0 Å². The van der Waals surface area contributed by atoms with Crippen molar-refractivity contribution in [1.29, 1.82) is 0 Å². The number of nitrogens with zero attached hydrogens (tertiary/aromatic N) is 4. The molecule has 0 aromatic carbocycles. The standard InChI is InChI=1S/C17H31IN4O6/c18-14-22-6-2-5-20(12-16(25)26)8-7-19(11-15(23)24)3-1-4-21(9-10-22)13-17(27)28/h1-14H2,(H,23,24)(H,25,26)(H,27,28). The molecule has 0 unspecified atom stereocenters. The highest BCUT2D eigenvalue weighted by Gasteiger charge is 2.17. The molecule has 10 nitrogen and oxygen atoms in total. The maximum absolute atomic E-state index is 11.1. The molecule has 3 N–H and O–H groups in total. The van der Waals surface area contributed by atoms with Gasteiger partial charge in [0.05, 0.1) is 24.2 Å². The maximum atomic E-state index is 11.1. The third kappa shape index (κ3) is 11.7. The molecular formula is C17H31IN4O6.